The van der Waals surface area contributed by atoms with Crippen molar-refractivity contribution in [1.82, 2.24) is 4.98 Å². The number of hydrogen-bond donors (Lipinski definition) is 2. The quantitative estimate of drug-likeness (QED) is 0.738. The fourth-order valence-corrected chi connectivity index (χ4v) is 1.17. The number of aromatic amines is 1. The van der Waals surface area contributed by atoms with Crippen LogP contribution in [0, 0.1) is 0 Å². The number of fused-ring (bicyclic) bond motifs is 1. The van der Waals surface area contributed by atoms with Crippen molar-refractivity contribution in [2.45, 2.75) is 6.42 Å². The third-order valence-corrected chi connectivity index (χ3v) is 1.72. The molecule has 0 aliphatic rings. The molecule has 3 heteroatoms. The van der Waals surface area contributed by atoms with Crippen molar-refractivity contribution in [2.75, 3.05) is 0 Å². The van der Waals surface area contributed by atoms with Gasteiger partial charge in [-0.15, -0.1) is 0 Å². The van der Waals surface area contributed by atoms with Gasteiger partial charge in [0.1, 0.15) is 0 Å². The maximum atomic E-state index is 10.7. The van der Waals surface area contributed by atoms with E-state index in [4.69, 9.17) is 10.6 Å². The zero-order valence-electron chi connectivity index (χ0n) is 10.6. The normalized spacial score (nSPS) is 14.8. The van der Waals surface area contributed by atoms with Crippen molar-refractivity contribution < 1.29 is 15.4 Å². The van der Waals surface area contributed by atoms with Crippen molar-refractivity contribution in [3.63, 3.8) is 0 Å². The number of aromatic nitrogens is 1. The van der Waals surface area contributed by atoms with E-state index >= 15 is 0 Å². The van der Waals surface area contributed by atoms with Gasteiger partial charge in [-0.3, -0.25) is 4.79 Å². The topological polar surface area (TPSA) is 53.1 Å². The molecule has 0 saturated heterocycles. The molecule has 3 nitrogen and oxygen atoms in total. The highest BCUT2D eigenvalue weighted by atomic mass is 16.4. The summed E-state index contributed by atoms with van der Waals surface area (Å²) in [7, 11) is 0. The molecule has 0 aliphatic heterocycles. The molecule has 0 atom stereocenters. The molecule has 0 spiro atoms. The molecular formula is C10H9NO2. The summed E-state index contributed by atoms with van der Waals surface area (Å²) in [6.45, 7) is 0. The third kappa shape index (κ3) is 1.40. The highest BCUT2D eigenvalue weighted by molar-refractivity contribution is 5.86. The van der Waals surface area contributed by atoms with Crippen LogP contribution in [0.5, 0.6) is 0 Å². The standard InChI is InChI=1S/C10H9NO2/c12-10(13)5-7-6-11-9-4-2-1-3-8(7)9/h1-4,6,11H,5H2,(H,12,13)/i1D,2D,3D,6D. The smallest absolute Gasteiger partial charge is 0.307 e. The van der Waals surface area contributed by atoms with E-state index in [1.54, 1.807) is 0 Å². The van der Waals surface area contributed by atoms with Crippen LogP contribution >= 0.6 is 0 Å². The van der Waals surface area contributed by atoms with E-state index in [0.29, 0.717) is 5.52 Å². The summed E-state index contributed by atoms with van der Waals surface area (Å²) >= 11 is 0. The molecule has 0 aliphatic carbocycles. The van der Waals surface area contributed by atoms with Gasteiger partial charge in [0.15, 0.2) is 0 Å². The molecule has 2 rings (SSSR count). The summed E-state index contributed by atoms with van der Waals surface area (Å²) in [6.07, 6.45) is -0.456. The van der Waals surface area contributed by atoms with Gasteiger partial charge in [-0.05, 0) is 11.6 Å². The van der Waals surface area contributed by atoms with Crippen LogP contribution in [0.3, 0.4) is 0 Å². The van der Waals surface area contributed by atoms with E-state index in [0.717, 1.165) is 0 Å². The Hall–Kier alpha value is -1.77. The van der Waals surface area contributed by atoms with Crippen molar-refractivity contribution in [3.8, 4) is 0 Å². The first-order chi connectivity index (χ1) is 7.91. The van der Waals surface area contributed by atoms with Crippen LogP contribution in [0.1, 0.15) is 11.0 Å². The zero-order valence-corrected chi connectivity index (χ0v) is 6.64. The van der Waals surface area contributed by atoms with Crippen LogP contribution < -0.4 is 0 Å². The number of rotatable bonds is 2. The summed E-state index contributed by atoms with van der Waals surface area (Å²) in [4.78, 5) is 13.3. The number of carbonyl (C=O) groups is 1. The molecular weight excluding hydrogens is 166 g/mol. The second-order valence-corrected chi connectivity index (χ2v) is 2.63. The SMILES string of the molecule is [2H]c1cc2[nH]c([2H])c(CC(=O)O)c2c([2H])c1[2H]. The van der Waals surface area contributed by atoms with Gasteiger partial charge >= 0.3 is 5.97 Å². The van der Waals surface area contributed by atoms with E-state index in [-0.39, 0.29) is 41.7 Å². The summed E-state index contributed by atoms with van der Waals surface area (Å²) in [5.41, 5.74) is 0.545. The number of para-hydroxylation sites is 1. The van der Waals surface area contributed by atoms with Crippen LogP contribution in [0.4, 0.5) is 0 Å². The Balaban J connectivity index is 2.80. The summed E-state index contributed by atoms with van der Waals surface area (Å²) in [5, 5.41) is 8.99. The Bertz CT molecular complexity index is 621. The van der Waals surface area contributed by atoms with Gasteiger partial charge in [-0.2, -0.15) is 0 Å². The lowest BCUT2D eigenvalue weighted by Crippen LogP contribution is -1.98. The maximum absolute atomic E-state index is 10.7. The Morgan fingerprint density at radius 3 is 3.23 bits per heavy atom. The van der Waals surface area contributed by atoms with E-state index in [1.165, 1.54) is 6.07 Å². The first-order valence-corrected chi connectivity index (χ1v) is 3.71. The van der Waals surface area contributed by atoms with Crippen LogP contribution in [-0.4, -0.2) is 16.1 Å². The molecule has 2 N–H and O–H groups in total. The molecule has 0 unspecified atom stereocenters. The van der Waals surface area contributed by atoms with Gasteiger partial charge in [0, 0.05) is 17.1 Å². The molecule has 0 fully saturated rings. The molecule has 1 heterocycles. The predicted molar refractivity (Wildman–Crippen MR) is 49.6 cm³/mol. The average molecular weight is 179 g/mol. The number of hydrogen-bond acceptors (Lipinski definition) is 1. The first-order valence-electron chi connectivity index (χ1n) is 5.71. The Morgan fingerprint density at radius 1 is 1.62 bits per heavy atom. The Labute approximate surface area is 80.6 Å². The van der Waals surface area contributed by atoms with Crippen molar-refractivity contribution in [1.29, 1.82) is 0 Å². The number of carboxylic acids is 1. The summed E-state index contributed by atoms with van der Waals surface area (Å²) in [6, 6.07) is 0.742. The predicted octanol–water partition coefficient (Wildman–Crippen LogP) is 1.79. The number of benzene rings is 1. The van der Waals surface area contributed by atoms with E-state index in [9.17, 15) is 4.79 Å². The molecule has 13 heavy (non-hydrogen) atoms. The Kier molecular flexibility index (Phi) is 1.01. The number of aliphatic carboxylic acids is 1. The maximum Gasteiger partial charge on any atom is 0.307 e. The lowest BCUT2D eigenvalue weighted by Gasteiger charge is -1.92. The van der Waals surface area contributed by atoms with Gasteiger partial charge in [0.05, 0.1) is 11.9 Å². The highest BCUT2D eigenvalue weighted by Gasteiger charge is 2.05. The number of nitrogens with one attached hydrogen (secondary N) is 1. The molecule has 0 saturated carbocycles. The summed E-state index contributed by atoms with van der Waals surface area (Å²) in [5.74, 6) is -1.10. The first kappa shape index (κ1) is 4.46. The minimum Gasteiger partial charge on any atom is -0.481 e. The largest absolute Gasteiger partial charge is 0.481 e. The van der Waals surface area contributed by atoms with Gasteiger partial charge in [-0.25, -0.2) is 0 Å². The second-order valence-electron chi connectivity index (χ2n) is 2.63. The molecule has 0 radical (unpaired) electrons. The average Bonchev–Trinajstić information content (AvgIpc) is 2.51. The number of H-pyrrole nitrogens is 1. The minimum atomic E-state index is -1.10. The minimum absolute atomic E-state index is 0.0825. The highest BCUT2D eigenvalue weighted by Crippen LogP contribution is 2.17. The van der Waals surface area contributed by atoms with E-state index in [2.05, 4.69) is 4.98 Å². The molecule has 0 bridgehead atoms. The van der Waals surface area contributed by atoms with E-state index < -0.39 is 5.97 Å². The Morgan fingerprint density at radius 2 is 2.46 bits per heavy atom. The van der Waals surface area contributed by atoms with Gasteiger partial charge < -0.3 is 10.1 Å². The molecule has 0 amide bonds. The fourth-order valence-electron chi connectivity index (χ4n) is 1.17. The van der Waals surface area contributed by atoms with Gasteiger partial charge in [0.25, 0.3) is 0 Å². The molecule has 66 valence electrons. The third-order valence-electron chi connectivity index (χ3n) is 1.72. The molecule has 2 aromatic rings. The monoisotopic (exact) mass is 179 g/mol. The van der Waals surface area contributed by atoms with Crippen LogP contribution in [0.15, 0.2) is 30.4 Å². The molecule has 1 aromatic carbocycles. The second kappa shape index (κ2) is 2.94. The summed E-state index contributed by atoms with van der Waals surface area (Å²) < 4.78 is 30.3. The van der Waals surface area contributed by atoms with Gasteiger partial charge in [0.2, 0.25) is 0 Å². The fraction of sp³-hybridized carbons (Fsp3) is 0.100. The van der Waals surface area contributed by atoms with Crippen LogP contribution in [-0.2, 0) is 11.2 Å². The van der Waals surface area contributed by atoms with Crippen molar-refractivity contribution >= 4 is 16.9 Å². The lowest BCUT2D eigenvalue weighted by atomic mass is 10.1. The van der Waals surface area contributed by atoms with Crippen LogP contribution in [0.25, 0.3) is 10.9 Å². The van der Waals surface area contributed by atoms with Crippen molar-refractivity contribution in [3.05, 3.63) is 35.9 Å². The van der Waals surface area contributed by atoms with Gasteiger partial charge in [-0.1, -0.05) is 18.1 Å². The lowest BCUT2D eigenvalue weighted by molar-refractivity contribution is -0.136. The van der Waals surface area contributed by atoms with Crippen LogP contribution in [0.2, 0.25) is 0 Å². The zero-order chi connectivity index (χ0) is 12.7. The van der Waals surface area contributed by atoms with Crippen molar-refractivity contribution in [2.24, 2.45) is 0 Å². The molecule has 1 aromatic heterocycles. The van der Waals surface area contributed by atoms with E-state index in [1.807, 2.05) is 0 Å². The number of carboxylic acid groups (broad SMARTS) is 1.